The maximum atomic E-state index is 13.1. The minimum Gasteiger partial charge on any atom is -0.396 e. The third-order valence-electron chi connectivity index (χ3n) is 2.73. The lowest BCUT2D eigenvalue weighted by Gasteiger charge is -2.33. The van der Waals surface area contributed by atoms with Crippen LogP contribution in [0.2, 0.25) is 0 Å². The van der Waals surface area contributed by atoms with Crippen molar-refractivity contribution in [2.45, 2.75) is 38.0 Å². The van der Waals surface area contributed by atoms with E-state index in [0.29, 0.717) is 0 Å². The molecule has 0 aliphatic heterocycles. The van der Waals surface area contributed by atoms with Crippen molar-refractivity contribution in [2.24, 2.45) is 0 Å². The summed E-state index contributed by atoms with van der Waals surface area (Å²) in [5, 5.41) is 11.4. The molecule has 1 rings (SSSR count). The second kappa shape index (κ2) is 5.71. The molecule has 2 nitrogen and oxygen atoms in total. The highest BCUT2D eigenvalue weighted by Gasteiger charge is 2.43. The van der Waals surface area contributed by atoms with Crippen molar-refractivity contribution >= 4 is 0 Å². The minimum absolute atomic E-state index is 0.153. The summed E-state index contributed by atoms with van der Waals surface area (Å²) in [6.45, 7) is 3.13. The van der Waals surface area contributed by atoms with Gasteiger partial charge in [-0.2, -0.15) is 13.2 Å². The Hall–Kier alpha value is -1.07. The van der Waals surface area contributed by atoms with Crippen LogP contribution in [-0.4, -0.2) is 23.4 Å². The predicted octanol–water partition coefficient (Wildman–Crippen LogP) is 3.04. The third kappa shape index (κ3) is 4.31. The highest BCUT2D eigenvalue weighted by atomic mass is 19.4. The van der Waals surface area contributed by atoms with Gasteiger partial charge < -0.3 is 5.11 Å². The molecule has 0 saturated heterocycles. The van der Waals surface area contributed by atoms with Crippen LogP contribution in [0.4, 0.5) is 13.2 Å². The smallest absolute Gasteiger partial charge is 0.396 e. The summed E-state index contributed by atoms with van der Waals surface area (Å²) >= 11 is 0. The van der Waals surface area contributed by atoms with Gasteiger partial charge in [0.25, 0.3) is 0 Å². The van der Waals surface area contributed by atoms with Gasteiger partial charge in [-0.1, -0.05) is 30.3 Å². The quantitative estimate of drug-likeness (QED) is 0.854. The molecule has 0 radical (unpaired) electrons. The fourth-order valence-electron chi connectivity index (χ4n) is 1.74. The molecule has 1 aromatic carbocycles. The van der Waals surface area contributed by atoms with Crippen LogP contribution in [0.1, 0.15) is 31.9 Å². The molecule has 0 heterocycles. The number of nitrogens with one attached hydrogen (secondary N) is 1. The largest absolute Gasteiger partial charge is 0.407 e. The highest BCUT2D eigenvalue weighted by Crippen LogP contribution is 2.34. The molecule has 0 bridgehead atoms. The van der Waals surface area contributed by atoms with E-state index in [9.17, 15) is 13.2 Å². The molecular formula is C13H18F3NO. The Balaban J connectivity index is 2.95. The molecule has 1 aromatic rings. The van der Waals surface area contributed by atoms with Crippen LogP contribution in [-0.2, 0) is 0 Å². The third-order valence-corrected chi connectivity index (χ3v) is 2.73. The molecule has 5 heteroatoms. The molecule has 0 fully saturated rings. The summed E-state index contributed by atoms with van der Waals surface area (Å²) in [4.78, 5) is 0. The first-order chi connectivity index (χ1) is 8.26. The summed E-state index contributed by atoms with van der Waals surface area (Å²) in [5.41, 5.74) is -0.610. The van der Waals surface area contributed by atoms with Crippen molar-refractivity contribution in [2.75, 3.05) is 6.61 Å². The van der Waals surface area contributed by atoms with Gasteiger partial charge in [0, 0.05) is 12.1 Å². The van der Waals surface area contributed by atoms with Gasteiger partial charge in [0.15, 0.2) is 0 Å². The molecule has 18 heavy (non-hydrogen) atoms. The van der Waals surface area contributed by atoms with E-state index in [1.807, 2.05) is 0 Å². The number of halogens is 3. The molecule has 1 atom stereocenters. The van der Waals surface area contributed by atoms with Crippen LogP contribution in [0.5, 0.6) is 0 Å². The number of benzene rings is 1. The van der Waals surface area contributed by atoms with E-state index < -0.39 is 17.8 Å². The van der Waals surface area contributed by atoms with E-state index in [1.165, 1.54) is 12.1 Å². The fraction of sp³-hybridized carbons (Fsp3) is 0.538. The fourth-order valence-corrected chi connectivity index (χ4v) is 1.74. The minimum atomic E-state index is -4.37. The zero-order valence-corrected chi connectivity index (χ0v) is 10.5. The van der Waals surface area contributed by atoms with Crippen LogP contribution in [0.15, 0.2) is 30.3 Å². The maximum absolute atomic E-state index is 13.1. The van der Waals surface area contributed by atoms with Crippen LogP contribution in [0.3, 0.4) is 0 Å². The highest BCUT2D eigenvalue weighted by molar-refractivity contribution is 5.21. The Bertz CT molecular complexity index is 362. The molecule has 0 aliphatic carbocycles. The topological polar surface area (TPSA) is 32.3 Å². The van der Waals surface area contributed by atoms with Gasteiger partial charge in [0.05, 0.1) is 0 Å². The Kier molecular flexibility index (Phi) is 4.76. The zero-order chi connectivity index (χ0) is 13.8. The monoisotopic (exact) mass is 261 g/mol. The molecule has 102 valence electrons. The van der Waals surface area contributed by atoms with E-state index in [1.54, 1.807) is 32.0 Å². The number of rotatable bonds is 5. The molecule has 0 spiro atoms. The van der Waals surface area contributed by atoms with Crippen LogP contribution < -0.4 is 5.32 Å². The number of aliphatic hydroxyl groups excluding tert-OH is 1. The predicted molar refractivity (Wildman–Crippen MR) is 64.2 cm³/mol. The van der Waals surface area contributed by atoms with Crippen molar-refractivity contribution < 1.29 is 18.3 Å². The van der Waals surface area contributed by atoms with Crippen LogP contribution in [0, 0.1) is 0 Å². The first-order valence-electron chi connectivity index (χ1n) is 5.76. The van der Waals surface area contributed by atoms with Gasteiger partial charge in [-0.25, -0.2) is 0 Å². The average Bonchev–Trinajstić information content (AvgIpc) is 2.26. The Labute approximate surface area is 105 Å². The summed E-state index contributed by atoms with van der Waals surface area (Å²) < 4.78 is 39.2. The Morgan fingerprint density at radius 2 is 1.72 bits per heavy atom. The molecule has 0 amide bonds. The van der Waals surface area contributed by atoms with Gasteiger partial charge in [-0.3, -0.25) is 5.32 Å². The number of alkyl halides is 3. The van der Waals surface area contributed by atoms with Gasteiger partial charge in [0.2, 0.25) is 0 Å². The molecule has 0 aromatic heterocycles. The number of hydrogen-bond donors (Lipinski definition) is 2. The molecule has 0 aliphatic rings. The molecule has 1 unspecified atom stereocenters. The number of hydrogen-bond acceptors (Lipinski definition) is 2. The normalized spacial score (nSPS) is 14.6. The van der Waals surface area contributed by atoms with E-state index in [2.05, 4.69) is 5.32 Å². The van der Waals surface area contributed by atoms with Crippen LogP contribution >= 0.6 is 0 Å². The lowest BCUT2D eigenvalue weighted by atomic mass is 9.97. The second-order valence-corrected chi connectivity index (χ2v) is 4.89. The molecule has 0 saturated carbocycles. The lowest BCUT2D eigenvalue weighted by Crippen LogP contribution is -2.47. The van der Waals surface area contributed by atoms with Crippen molar-refractivity contribution in [3.05, 3.63) is 35.9 Å². The first-order valence-corrected chi connectivity index (χ1v) is 5.76. The lowest BCUT2D eigenvalue weighted by molar-refractivity contribution is -0.162. The number of aliphatic hydroxyl groups is 1. The van der Waals surface area contributed by atoms with Crippen molar-refractivity contribution in [3.8, 4) is 0 Å². The Morgan fingerprint density at radius 3 is 2.17 bits per heavy atom. The first kappa shape index (κ1) is 15.0. The zero-order valence-electron chi connectivity index (χ0n) is 10.5. The van der Waals surface area contributed by atoms with E-state index in [-0.39, 0.29) is 18.6 Å². The summed E-state index contributed by atoms with van der Waals surface area (Å²) in [5.74, 6) is 0. The average molecular weight is 261 g/mol. The molecular weight excluding hydrogens is 243 g/mol. The van der Waals surface area contributed by atoms with Crippen molar-refractivity contribution in [1.82, 2.24) is 5.32 Å². The Morgan fingerprint density at radius 1 is 1.17 bits per heavy atom. The maximum Gasteiger partial charge on any atom is 0.407 e. The van der Waals surface area contributed by atoms with Gasteiger partial charge in [-0.15, -0.1) is 0 Å². The van der Waals surface area contributed by atoms with E-state index in [0.717, 1.165) is 0 Å². The SMILES string of the molecule is CC(C)(CCO)NC(c1ccccc1)C(F)(F)F. The standard InChI is InChI=1S/C13H18F3NO/c1-12(2,8-9-18)17-11(13(14,15)16)10-6-4-3-5-7-10/h3-7,11,17-18H,8-9H2,1-2H3. The van der Waals surface area contributed by atoms with Gasteiger partial charge >= 0.3 is 6.18 Å². The van der Waals surface area contributed by atoms with E-state index >= 15 is 0 Å². The second-order valence-electron chi connectivity index (χ2n) is 4.89. The van der Waals surface area contributed by atoms with E-state index in [4.69, 9.17) is 5.11 Å². The van der Waals surface area contributed by atoms with Gasteiger partial charge in [-0.05, 0) is 25.8 Å². The van der Waals surface area contributed by atoms with Crippen LogP contribution in [0.25, 0.3) is 0 Å². The van der Waals surface area contributed by atoms with Crippen molar-refractivity contribution in [1.29, 1.82) is 0 Å². The molecule has 2 N–H and O–H groups in total. The van der Waals surface area contributed by atoms with Crippen molar-refractivity contribution in [3.63, 3.8) is 0 Å². The summed E-state index contributed by atoms with van der Waals surface area (Å²) in [6.07, 6.45) is -4.11. The summed E-state index contributed by atoms with van der Waals surface area (Å²) in [6, 6.07) is 6.00. The summed E-state index contributed by atoms with van der Waals surface area (Å²) in [7, 11) is 0. The van der Waals surface area contributed by atoms with Gasteiger partial charge in [0.1, 0.15) is 6.04 Å².